The van der Waals surface area contributed by atoms with Gasteiger partial charge in [0.15, 0.2) is 0 Å². The fourth-order valence-corrected chi connectivity index (χ4v) is 2.90. The normalized spacial score (nSPS) is 12.4. The molecule has 1 N–H and O–H groups in total. The SMILES string of the molecule is CCC(C)CN(CC)c1ccc(CNCCOC)cc1Br. The quantitative estimate of drug-likeness (QED) is 0.639. The van der Waals surface area contributed by atoms with Gasteiger partial charge in [0.2, 0.25) is 0 Å². The van der Waals surface area contributed by atoms with Gasteiger partial charge in [0.25, 0.3) is 0 Å². The smallest absolute Gasteiger partial charge is 0.0587 e. The van der Waals surface area contributed by atoms with Gasteiger partial charge >= 0.3 is 0 Å². The zero-order valence-corrected chi connectivity index (χ0v) is 15.4. The van der Waals surface area contributed by atoms with Gasteiger partial charge in [-0.1, -0.05) is 26.3 Å². The van der Waals surface area contributed by atoms with Crippen LogP contribution in [-0.2, 0) is 11.3 Å². The maximum atomic E-state index is 5.04. The van der Waals surface area contributed by atoms with Gasteiger partial charge in [0, 0.05) is 37.8 Å². The van der Waals surface area contributed by atoms with Gasteiger partial charge in [-0.15, -0.1) is 0 Å². The third-order valence-corrected chi connectivity index (χ3v) is 4.41. The van der Waals surface area contributed by atoms with Crippen LogP contribution in [0.5, 0.6) is 0 Å². The van der Waals surface area contributed by atoms with Gasteiger partial charge in [-0.3, -0.25) is 0 Å². The predicted octanol–water partition coefficient (Wildman–Crippen LogP) is 4.06. The van der Waals surface area contributed by atoms with E-state index in [1.165, 1.54) is 22.1 Å². The lowest BCUT2D eigenvalue weighted by Gasteiger charge is -2.27. The molecule has 0 radical (unpaired) electrons. The van der Waals surface area contributed by atoms with Crippen molar-refractivity contribution in [3.63, 3.8) is 0 Å². The molecule has 1 atom stereocenters. The molecule has 0 aromatic heterocycles. The molecule has 0 heterocycles. The highest BCUT2D eigenvalue weighted by Gasteiger charge is 2.11. The molecule has 0 saturated heterocycles. The number of nitrogens with one attached hydrogen (secondary N) is 1. The summed E-state index contributed by atoms with van der Waals surface area (Å²) in [5.41, 5.74) is 2.58. The molecule has 0 aliphatic heterocycles. The summed E-state index contributed by atoms with van der Waals surface area (Å²) in [7, 11) is 1.73. The number of methoxy groups -OCH3 is 1. The first-order chi connectivity index (χ1) is 10.1. The van der Waals surface area contributed by atoms with Crippen LogP contribution in [-0.4, -0.2) is 33.4 Å². The second-order valence-electron chi connectivity index (χ2n) is 5.51. The zero-order chi connectivity index (χ0) is 15.7. The molecule has 21 heavy (non-hydrogen) atoms. The molecule has 1 aromatic carbocycles. The first kappa shape index (κ1) is 18.5. The molecule has 3 nitrogen and oxygen atoms in total. The summed E-state index contributed by atoms with van der Waals surface area (Å²) in [6.45, 7) is 11.4. The van der Waals surface area contributed by atoms with Crippen LogP contribution in [0.4, 0.5) is 5.69 Å². The Balaban J connectivity index is 2.67. The van der Waals surface area contributed by atoms with E-state index in [4.69, 9.17) is 4.74 Å². The topological polar surface area (TPSA) is 24.5 Å². The number of ether oxygens (including phenoxy) is 1. The second kappa shape index (κ2) is 10.2. The van der Waals surface area contributed by atoms with E-state index < -0.39 is 0 Å². The molecular weight excluding hydrogens is 328 g/mol. The lowest BCUT2D eigenvalue weighted by Crippen LogP contribution is -2.28. The van der Waals surface area contributed by atoms with Crippen LogP contribution in [0.15, 0.2) is 22.7 Å². The first-order valence-electron chi connectivity index (χ1n) is 7.85. The van der Waals surface area contributed by atoms with E-state index in [2.05, 4.69) is 65.1 Å². The predicted molar refractivity (Wildman–Crippen MR) is 95.1 cm³/mol. The van der Waals surface area contributed by atoms with Crippen molar-refractivity contribution >= 4 is 21.6 Å². The summed E-state index contributed by atoms with van der Waals surface area (Å²) >= 11 is 3.73. The Morgan fingerprint density at radius 3 is 2.67 bits per heavy atom. The number of rotatable bonds is 10. The summed E-state index contributed by atoms with van der Waals surface area (Å²) in [5.74, 6) is 0.715. The molecule has 0 aliphatic carbocycles. The molecule has 0 bridgehead atoms. The number of benzene rings is 1. The van der Waals surface area contributed by atoms with Crippen LogP contribution < -0.4 is 10.2 Å². The zero-order valence-electron chi connectivity index (χ0n) is 13.8. The molecule has 0 spiro atoms. The summed E-state index contributed by atoms with van der Waals surface area (Å²) < 4.78 is 6.22. The summed E-state index contributed by atoms with van der Waals surface area (Å²) in [6, 6.07) is 6.65. The minimum atomic E-state index is 0.715. The minimum Gasteiger partial charge on any atom is -0.383 e. The maximum Gasteiger partial charge on any atom is 0.0587 e. The van der Waals surface area contributed by atoms with Crippen LogP contribution in [0.1, 0.15) is 32.8 Å². The van der Waals surface area contributed by atoms with Crippen molar-refractivity contribution in [2.45, 2.75) is 33.7 Å². The van der Waals surface area contributed by atoms with E-state index in [0.29, 0.717) is 5.92 Å². The van der Waals surface area contributed by atoms with Gasteiger partial charge in [0.05, 0.1) is 12.3 Å². The van der Waals surface area contributed by atoms with Crippen molar-refractivity contribution in [3.8, 4) is 0 Å². The van der Waals surface area contributed by atoms with Crippen LogP contribution >= 0.6 is 15.9 Å². The Hall–Kier alpha value is -0.580. The van der Waals surface area contributed by atoms with Gasteiger partial charge in [-0.2, -0.15) is 0 Å². The summed E-state index contributed by atoms with van der Waals surface area (Å²) in [4.78, 5) is 2.44. The molecule has 0 fully saturated rings. The Bertz CT molecular complexity index is 412. The number of hydrogen-bond acceptors (Lipinski definition) is 3. The van der Waals surface area contributed by atoms with Crippen molar-refractivity contribution in [1.29, 1.82) is 0 Å². The van der Waals surface area contributed by atoms with Gasteiger partial charge < -0.3 is 15.0 Å². The molecule has 0 amide bonds. The van der Waals surface area contributed by atoms with Crippen molar-refractivity contribution in [1.82, 2.24) is 5.32 Å². The standard InChI is InChI=1S/C17H29BrN2O/c1-5-14(3)13-20(6-2)17-8-7-15(11-16(17)18)12-19-9-10-21-4/h7-8,11,14,19H,5-6,9-10,12-13H2,1-4H3. The van der Waals surface area contributed by atoms with Gasteiger partial charge in [-0.05, 0) is 46.5 Å². The number of halogens is 1. The van der Waals surface area contributed by atoms with E-state index in [1.54, 1.807) is 7.11 Å². The molecule has 1 rings (SSSR count). The van der Waals surface area contributed by atoms with E-state index in [0.717, 1.165) is 32.8 Å². The second-order valence-corrected chi connectivity index (χ2v) is 6.36. The van der Waals surface area contributed by atoms with Gasteiger partial charge in [-0.25, -0.2) is 0 Å². The Morgan fingerprint density at radius 1 is 1.33 bits per heavy atom. The average molecular weight is 357 g/mol. The Kier molecular flexibility index (Phi) is 8.97. The Labute approximate surface area is 138 Å². The van der Waals surface area contributed by atoms with E-state index in [-0.39, 0.29) is 0 Å². The molecule has 120 valence electrons. The molecule has 0 aliphatic rings. The molecule has 1 unspecified atom stereocenters. The monoisotopic (exact) mass is 356 g/mol. The lowest BCUT2D eigenvalue weighted by atomic mass is 10.1. The summed E-state index contributed by atoms with van der Waals surface area (Å²) in [5, 5.41) is 3.37. The highest BCUT2D eigenvalue weighted by Crippen LogP contribution is 2.28. The Morgan fingerprint density at radius 2 is 2.10 bits per heavy atom. The highest BCUT2D eigenvalue weighted by molar-refractivity contribution is 9.10. The van der Waals surface area contributed by atoms with Gasteiger partial charge in [0.1, 0.15) is 0 Å². The summed E-state index contributed by atoms with van der Waals surface area (Å²) in [6.07, 6.45) is 1.22. The molecular formula is C17H29BrN2O. The third kappa shape index (κ3) is 6.37. The van der Waals surface area contributed by atoms with Crippen molar-refractivity contribution in [3.05, 3.63) is 28.2 Å². The molecule has 1 aromatic rings. The van der Waals surface area contributed by atoms with E-state index in [9.17, 15) is 0 Å². The van der Waals surface area contributed by atoms with Crippen LogP contribution in [0, 0.1) is 5.92 Å². The van der Waals surface area contributed by atoms with Crippen molar-refractivity contribution < 1.29 is 4.74 Å². The molecule has 4 heteroatoms. The minimum absolute atomic E-state index is 0.715. The van der Waals surface area contributed by atoms with Crippen molar-refractivity contribution in [2.24, 2.45) is 5.92 Å². The number of hydrogen-bond donors (Lipinski definition) is 1. The fraction of sp³-hybridized carbons (Fsp3) is 0.647. The van der Waals surface area contributed by atoms with Crippen molar-refractivity contribution in [2.75, 3.05) is 38.3 Å². The van der Waals surface area contributed by atoms with Crippen LogP contribution in [0.25, 0.3) is 0 Å². The van der Waals surface area contributed by atoms with Crippen LogP contribution in [0.3, 0.4) is 0 Å². The molecule has 0 saturated carbocycles. The van der Waals surface area contributed by atoms with E-state index >= 15 is 0 Å². The van der Waals surface area contributed by atoms with Crippen LogP contribution in [0.2, 0.25) is 0 Å². The fourth-order valence-electron chi connectivity index (χ4n) is 2.23. The van der Waals surface area contributed by atoms with E-state index in [1.807, 2.05) is 0 Å². The maximum absolute atomic E-state index is 5.04. The lowest BCUT2D eigenvalue weighted by molar-refractivity contribution is 0.199. The first-order valence-corrected chi connectivity index (χ1v) is 8.64. The number of nitrogens with zero attached hydrogens (tertiary/aromatic N) is 1. The third-order valence-electron chi connectivity index (χ3n) is 3.78. The largest absolute Gasteiger partial charge is 0.383 e. The highest BCUT2D eigenvalue weighted by atomic mass is 79.9. The number of anilines is 1. The average Bonchev–Trinajstić information content (AvgIpc) is 2.49.